The molecule has 0 fully saturated rings. The third-order valence-corrected chi connectivity index (χ3v) is 3.31. The summed E-state index contributed by atoms with van der Waals surface area (Å²) >= 11 is 7.30. The van der Waals surface area contributed by atoms with Crippen LogP contribution in [0.2, 0.25) is 5.15 Å². The SMILES string of the molecule is CC(=O)Nc1ccc(Sc2cc(N)cc(Cl)n2)cc1. The van der Waals surface area contributed by atoms with Gasteiger partial charge in [-0.3, -0.25) is 4.79 Å². The van der Waals surface area contributed by atoms with Crippen molar-refractivity contribution in [2.24, 2.45) is 0 Å². The zero-order valence-electron chi connectivity index (χ0n) is 10.2. The Labute approximate surface area is 120 Å². The molecule has 0 unspecified atom stereocenters. The minimum Gasteiger partial charge on any atom is -0.399 e. The standard InChI is InChI=1S/C13H12ClN3OS/c1-8(18)16-10-2-4-11(5-3-10)19-13-7-9(15)6-12(14)17-13/h2-7H,1H3,(H2,15,17)(H,16,18). The van der Waals surface area contributed by atoms with Crippen LogP contribution in [0.4, 0.5) is 11.4 Å². The second kappa shape index (κ2) is 5.95. The number of nitrogens with one attached hydrogen (secondary N) is 1. The van der Waals surface area contributed by atoms with Gasteiger partial charge in [-0.1, -0.05) is 23.4 Å². The van der Waals surface area contributed by atoms with Crippen molar-refractivity contribution in [2.45, 2.75) is 16.8 Å². The molecule has 6 heteroatoms. The Hall–Kier alpha value is -1.72. The van der Waals surface area contributed by atoms with E-state index in [4.69, 9.17) is 17.3 Å². The minimum atomic E-state index is -0.0929. The number of rotatable bonds is 3. The molecular formula is C13H12ClN3OS. The topological polar surface area (TPSA) is 68.0 Å². The van der Waals surface area contributed by atoms with Gasteiger partial charge in [0, 0.05) is 23.2 Å². The first-order valence-electron chi connectivity index (χ1n) is 5.51. The van der Waals surface area contributed by atoms with E-state index in [2.05, 4.69) is 10.3 Å². The first-order valence-corrected chi connectivity index (χ1v) is 6.71. The molecule has 2 rings (SSSR count). The quantitative estimate of drug-likeness (QED) is 0.851. The number of aromatic nitrogens is 1. The van der Waals surface area contributed by atoms with Crippen LogP contribution in [0.25, 0.3) is 0 Å². The number of amides is 1. The van der Waals surface area contributed by atoms with Crippen molar-refractivity contribution in [3.63, 3.8) is 0 Å². The lowest BCUT2D eigenvalue weighted by Gasteiger charge is -2.05. The van der Waals surface area contributed by atoms with Crippen LogP contribution < -0.4 is 11.1 Å². The van der Waals surface area contributed by atoms with Gasteiger partial charge in [-0.15, -0.1) is 0 Å². The van der Waals surface area contributed by atoms with Gasteiger partial charge in [0.1, 0.15) is 10.2 Å². The normalized spacial score (nSPS) is 10.2. The number of hydrogen-bond donors (Lipinski definition) is 2. The van der Waals surface area contributed by atoms with E-state index in [-0.39, 0.29) is 5.91 Å². The van der Waals surface area contributed by atoms with Crippen molar-refractivity contribution in [1.82, 2.24) is 4.98 Å². The molecule has 0 bridgehead atoms. The summed E-state index contributed by atoms with van der Waals surface area (Å²) in [5.74, 6) is -0.0929. The molecule has 0 aliphatic carbocycles. The molecule has 1 heterocycles. The molecule has 2 aromatic rings. The summed E-state index contributed by atoms with van der Waals surface area (Å²) in [6.45, 7) is 1.47. The van der Waals surface area contributed by atoms with E-state index >= 15 is 0 Å². The highest BCUT2D eigenvalue weighted by Crippen LogP contribution is 2.29. The molecule has 0 spiro atoms. The Morgan fingerprint density at radius 3 is 2.58 bits per heavy atom. The Morgan fingerprint density at radius 1 is 1.32 bits per heavy atom. The third-order valence-electron chi connectivity index (χ3n) is 2.19. The van der Waals surface area contributed by atoms with Crippen molar-refractivity contribution in [3.05, 3.63) is 41.6 Å². The summed E-state index contributed by atoms with van der Waals surface area (Å²) in [7, 11) is 0. The van der Waals surface area contributed by atoms with E-state index in [0.717, 1.165) is 15.6 Å². The molecule has 19 heavy (non-hydrogen) atoms. The molecule has 1 aromatic heterocycles. The lowest BCUT2D eigenvalue weighted by molar-refractivity contribution is -0.114. The number of anilines is 2. The molecule has 1 amide bonds. The van der Waals surface area contributed by atoms with Gasteiger partial charge in [0.2, 0.25) is 5.91 Å². The number of carbonyl (C=O) groups excluding carboxylic acids is 1. The molecule has 0 atom stereocenters. The van der Waals surface area contributed by atoms with E-state index in [9.17, 15) is 4.79 Å². The summed E-state index contributed by atoms with van der Waals surface area (Å²) in [5.41, 5.74) is 7.05. The summed E-state index contributed by atoms with van der Waals surface area (Å²) < 4.78 is 0. The zero-order valence-corrected chi connectivity index (χ0v) is 11.8. The van der Waals surface area contributed by atoms with E-state index in [1.54, 1.807) is 12.1 Å². The van der Waals surface area contributed by atoms with Crippen molar-refractivity contribution < 1.29 is 4.79 Å². The van der Waals surface area contributed by atoms with Crippen molar-refractivity contribution in [3.8, 4) is 0 Å². The second-order valence-electron chi connectivity index (χ2n) is 3.87. The summed E-state index contributed by atoms with van der Waals surface area (Å²) in [6, 6.07) is 10.8. The molecule has 1 aromatic carbocycles. The van der Waals surface area contributed by atoms with Crippen molar-refractivity contribution in [1.29, 1.82) is 0 Å². The first kappa shape index (κ1) is 13.7. The lowest BCUT2D eigenvalue weighted by atomic mass is 10.3. The number of pyridine rings is 1. The number of nitrogens with two attached hydrogens (primary N) is 1. The number of benzene rings is 1. The predicted molar refractivity (Wildman–Crippen MR) is 78.5 cm³/mol. The average molecular weight is 294 g/mol. The fourth-order valence-corrected chi connectivity index (χ4v) is 2.59. The molecule has 4 nitrogen and oxygen atoms in total. The van der Waals surface area contributed by atoms with E-state index in [1.165, 1.54) is 18.7 Å². The second-order valence-corrected chi connectivity index (χ2v) is 5.35. The minimum absolute atomic E-state index is 0.0929. The van der Waals surface area contributed by atoms with Crippen LogP contribution in [0, 0.1) is 0 Å². The average Bonchev–Trinajstić information content (AvgIpc) is 2.29. The highest BCUT2D eigenvalue weighted by molar-refractivity contribution is 7.99. The highest BCUT2D eigenvalue weighted by atomic mass is 35.5. The monoisotopic (exact) mass is 293 g/mol. The molecule has 0 radical (unpaired) electrons. The van der Waals surface area contributed by atoms with Crippen LogP contribution >= 0.6 is 23.4 Å². The molecule has 0 aliphatic heterocycles. The van der Waals surface area contributed by atoms with Gasteiger partial charge in [0.25, 0.3) is 0 Å². The van der Waals surface area contributed by atoms with Gasteiger partial charge in [-0.2, -0.15) is 0 Å². The molecule has 98 valence electrons. The maximum atomic E-state index is 10.9. The summed E-state index contributed by atoms with van der Waals surface area (Å²) in [6.07, 6.45) is 0. The molecule has 3 N–H and O–H groups in total. The van der Waals surface area contributed by atoms with Gasteiger partial charge in [-0.25, -0.2) is 4.98 Å². The fourth-order valence-electron chi connectivity index (χ4n) is 1.47. The largest absolute Gasteiger partial charge is 0.399 e. The predicted octanol–water partition coefficient (Wildman–Crippen LogP) is 3.43. The number of nitrogen functional groups attached to an aromatic ring is 1. The molecule has 0 aliphatic rings. The third kappa shape index (κ3) is 4.15. The van der Waals surface area contributed by atoms with Crippen LogP contribution in [-0.2, 0) is 4.79 Å². The van der Waals surface area contributed by atoms with Crippen LogP contribution in [0.15, 0.2) is 46.3 Å². The number of carbonyl (C=O) groups is 1. The lowest BCUT2D eigenvalue weighted by Crippen LogP contribution is -2.05. The Morgan fingerprint density at radius 2 is 2.00 bits per heavy atom. The fraction of sp³-hybridized carbons (Fsp3) is 0.0769. The van der Waals surface area contributed by atoms with Gasteiger partial charge < -0.3 is 11.1 Å². The Bertz CT molecular complexity index is 581. The van der Waals surface area contributed by atoms with Crippen molar-refractivity contribution in [2.75, 3.05) is 11.1 Å². The van der Waals surface area contributed by atoms with E-state index < -0.39 is 0 Å². The van der Waals surface area contributed by atoms with Gasteiger partial charge in [0.15, 0.2) is 0 Å². The van der Waals surface area contributed by atoms with E-state index in [0.29, 0.717) is 10.8 Å². The summed E-state index contributed by atoms with van der Waals surface area (Å²) in [4.78, 5) is 16.1. The maximum Gasteiger partial charge on any atom is 0.221 e. The number of nitrogens with zero attached hydrogens (tertiary/aromatic N) is 1. The highest BCUT2D eigenvalue weighted by Gasteiger charge is 2.03. The molecular weight excluding hydrogens is 282 g/mol. The van der Waals surface area contributed by atoms with E-state index in [1.807, 2.05) is 24.3 Å². The van der Waals surface area contributed by atoms with Gasteiger partial charge in [0.05, 0.1) is 0 Å². The number of hydrogen-bond acceptors (Lipinski definition) is 4. The van der Waals surface area contributed by atoms with Crippen molar-refractivity contribution >= 4 is 40.6 Å². The van der Waals surface area contributed by atoms with Crippen LogP contribution in [0.1, 0.15) is 6.92 Å². The van der Waals surface area contributed by atoms with Crippen LogP contribution in [0.5, 0.6) is 0 Å². The molecule has 0 saturated heterocycles. The maximum absolute atomic E-state index is 10.9. The van der Waals surface area contributed by atoms with Gasteiger partial charge in [-0.05, 0) is 36.4 Å². The Balaban J connectivity index is 2.12. The summed E-state index contributed by atoms with van der Waals surface area (Å²) in [5, 5.41) is 3.82. The molecule has 0 saturated carbocycles. The first-order chi connectivity index (χ1) is 9.02. The Kier molecular flexibility index (Phi) is 4.29. The smallest absolute Gasteiger partial charge is 0.221 e. The van der Waals surface area contributed by atoms with Crippen LogP contribution in [-0.4, -0.2) is 10.9 Å². The number of halogens is 1. The van der Waals surface area contributed by atoms with Crippen LogP contribution in [0.3, 0.4) is 0 Å². The van der Waals surface area contributed by atoms with Gasteiger partial charge >= 0.3 is 0 Å². The zero-order chi connectivity index (χ0) is 13.8.